The summed E-state index contributed by atoms with van der Waals surface area (Å²) in [6.07, 6.45) is 9.00. The highest BCUT2D eigenvalue weighted by molar-refractivity contribution is 7.85. The summed E-state index contributed by atoms with van der Waals surface area (Å²) >= 11 is 0. The van der Waals surface area contributed by atoms with Crippen LogP contribution in [0.5, 0.6) is 0 Å². The van der Waals surface area contributed by atoms with Gasteiger partial charge in [0.25, 0.3) is 10.1 Å². The van der Waals surface area contributed by atoms with E-state index in [0.717, 1.165) is 5.56 Å². The Morgan fingerprint density at radius 1 is 0.818 bits per heavy atom. The number of nitrogens with two attached hydrogens (primary N) is 1. The minimum absolute atomic E-state index is 0.0666. The molecule has 0 amide bonds. The van der Waals surface area contributed by atoms with Gasteiger partial charge < -0.3 is 0 Å². The van der Waals surface area contributed by atoms with Crippen molar-refractivity contribution >= 4 is 20.4 Å². The van der Waals surface area contributed by atoms with Crippen molar-refractivity contribution in [3.8, 4) is 0 Å². The molecule has 0 aliphatic heterocycles. The summed E-state index contributed by atoms with van der Waals surface area (Å²) in [5.74, 6) is 0. The van der Waals surface area contributed by atoms with Crippen LogP contribution in [0.15, 0.2) is 29.2 Å². The SMILES string of the molecule is C1CCCCC1.Cc1ccc(S(=O)(=O)O)cc1.NS(=O)(=O)O. The van der Waals surface area contributed by atoms with Crippen molar-refractivity contribution in [2.45, 2.75) is 50.3 Å². The lowest BCUT2D eigenvalue weighted by molar-refractivity contribution is 0.481. The maximum atomic E-state index is 10.5. The topological polar surface area (TPSA) is 135 Å². The highest BCUT2D eigenvalue weighted by Crippen LogP contribution is 2.15. The Balaban J connectivity index is 0.000000338. The van der Waals surface area contributed by atoms with Gasteiger partial charge in [-0.1, -0.05) is 56.2 Å². The number of rotatable bonds is 1. The second kappa shape index (κ2) is 9.90. The van der Waals surface area contributed by atoms with Crippen molar-refractivity contribution in [3.63, 3.8) is 0 Å². The molecule has 0 bridgehead atoms. The quantitative estimate of drug-likeness (QED) is 0.663. The Labute approximate surface area is 132 Å². The van der Waals surface area contributed by atoms with Gasteiger partial charge in [-0.15, -0.1) is 0 Å². The van der Waals surface area contributed by atoms with Crippen molar-refractivity contribution in [1.29, 1.82) is 0 Å². The van der Waals surface area contributed by atoms with Crippen LogP contribution in [-0.2, 0) is 20.4 Å². The molecular formula is C13H23NO6S2. The van der Waals surface area contributed by atoms with Gasteiger partial charge in [0, 0.05) is 0 Å². The van der Waals surface area contributed by atoms with E-state index in [4.69, 9.17) is 17.5 Å². The van der Waals surface area contributed by atoms with Crippen LogP contribution in [0.25, 0.3) is 0 Å². The molecule has 4 N–H and O–H groups in total. The Kier molecular flexibility index (Phi) is 9.45. The summed E-state index contributed by atoms with van der Waals surface area (Å²) in [5, 5.41) is 3.88. The lowest BCUT2D eigenvalue weighted by atomic mass is 10.0. The molecule has 1 aliphatic rings. The van der Waals surface area contributed by atoms with Gasteiger partial charge in [-0.3, -0.25) is 9.11 Å². The largest absolute Gasteiger partial charge is 0.330 e. The zero-order chi connectivity index (χ0) is 17.2. The molecule has 22 heavy (non-hydrogen) atoms. The van der Waals surface area contributed by atoms with Crippen LogP contribution >= 0.6 is 0 Å². The van der Waals surface area contributed by atoms with Gasteiger partial charge in [0.1, 0.15) is 0 Å². The zero-order valence-corrected chi connectivity index (χ0v) is 14.1. The van der Waals surface area contributed by atoms with E-state index in [1.165, 1.54) is 50.7 Å². The summed E-state index contributed by atoms with van der Waals surface area (Å²) in [4.78, 5) is -0.0666. The van der Waals surface area contributed by atoms with E-state index in [2.05, 4.69) is 5.14 Å². The number of hydrogen-bond donors (Lipinski definition) is 3. The predicted molar refractivity (Wildman–Crippen MR) is 84.4 cm³/mol. The third-order valence-electron chi connectivity index (χ3n) is 2.82. The van der Waals surface area contributed by atoms with Crippen LogP contribution in [0.4, 0.5) is 0 Å². The van der Waals surface area contributed by atoms with Crippen molar-refractivity contribution in [2.75, 3.05) is 0 Å². The minimum atomic E-state index is -4.17. The van der Waals surface area contributed by atoms with E-state index in [9.17, 15) is 8.42 Å². The monoisotopic (exact) mass is 353 g/mol. The van der Waals surface area contributed by atoms with E-state index in [1.54, 1.807) is 12.1 Å². The number of benzene rings is 1. The molecule has 1 aromatic carbocycles. The van der Waals surface area contributed by atoms with E-state index in [-0.39, 0.29) is 4.90 Å². The lowest BCUT2D eigenvalue weighted by Crippen LogP contribution is -2.08. The van der Waals surface area contributed by atoms with Gasteiger partial charge in [0.2, 0.25) is 0 Å². The van der Waals surface area contributed by atoms with Crippen molar-refractivity contribution in [2.24, 2.45) is 5.14 Å². The molecule has 1 aromatic rings. The molecule has 0 radical (unpaired) electrons. The average molecular weight is 353 g/mol. The van der Waals surface area contributed by atoms with Crippen molar-refractivity contribution < 1.29 is 25.9 Å². The summed E-state index contributed by atoms with van der Waals surface area (Å²) in [6, 6.07) is 5.99. The third kappa shape index (κ3) is 14.0. The molecule has 0 atom stereocenters. The number of aryl methyl sites for hydroxylation is 1. The van der Waals surface area contributed by atoms with E-state index < -0.39 is 20.4 Å². The Morgan fingerprint density at radius 2 is 1.09 bits per heavy atom. The highest BCUT2D eigenvalue weighted by Gasteiger charge is 2.06. The summed E-state index contributed by atoms with van der Waals surface area (Å²) in [6.45, 7) is 1.84. The Hall–Kier alpha value is -1.00. The van der Waals surface area contributed by atoms with Crippen molar-refractivity contribution in [1.82, 2.24) is 0 Å². The predicted octanol–water partition coefficient (Wildman–Crippen LogP) is 2.33. The molecule has 0 saturated heterocycles. The van der Waals surface area contributed by atoms with E-state index in [0.29, 0.717) is 0 Å². The fourth-order valence-corrected chi connectivity index (χ4v) is 2.25. The fraction of sp³-hybridized carbons (Fsp3) is 0.538. The average Bonchev–Trinajstić information content (AvgIpc) is 2.39. The summed E-state index contributed by atoms with van der Waals surface area (Å²) in [7, 11) is -8.19. The van der Waals surface area contributed by atoms with Crippen LogP contribution in [0, 0.1) is 6.92 Å². The molecule has 0 heterocycles. The first-order valence-corrected chi connectivity index (χ1v) is 9.74. The fourth-order valence-electron chi connectivity index (χ4n) is 1.77. The molecule has 128 valence electrons. The standard InChI is InChI=1S/C7H8O3S.C6H12.H3NO3S/c1-6-2-4-7(5-3-6)11(8,9)10;1-2-4-6-5-3-1;1-5(2,3)4/h2-5H,1H3,(H,8,9,10);1-6H2;(H3,1,2,3,4). The van der Waals surface area contributed by atoms with Gasteiger partial charge in [0.15, 0.2) is 0 Å². The first-order valence-electron chi connectivity index (χ1n) is 6.79. The highest BCUT2D eigenvalue weighted by atomic mass is 32.2. The first-order chi connectivity index (χ1) is 10.00. The second-order valence-electron chi connectivity index (χ2n) is 4.92. The normalized spacial score (nSPS) is 14.9. The molecule has 0 unspecified atom stereocenters. The van der Waals surface area contributed by atoms with Gasteiger partial charge in [-0.05, 0) is 19.1 Å². The minimum Gasteiger partial charge on any atom is -0.282 e. The number of hydrogen-bond acceptors (Lipinski definition) is 4. The summed E-state index contributed by atoms with van der Waals surface area (Å²) in [5.41, 5.74) is 0.956. The molecule has 0 aromatic heterocycles. The molecule has 7 nitrogen and oxygen atoms in total. The van der Waals surface area contributed by atoms with Crippen LogP contribution in [-0.4, -0.2) is 25.9 Å². The zero-order valence-electron chi connectivity index (χ0n) is 12.5. The first kappa shape index (κ1) is 21.0. The van der Waals surface area contributed by atoms with Crippen LogP contribution in [0.3, 0.4) is 0 Å². The summed E-state index contributed by atoms with van der Waals surface area (Å²) < 4.78 is 54.8. The molecule has 1 aliphatic carbocycles. The second-order valence-corrected chi connectivity index (χ2v) is 7.38. The molecule has 1 saturated carbocycles. The maximum Gasteiger partial charge on any atom is 0.330 e. The van der Waals surface area contributed by atoms with Crippen LogP contribution < -0.4 is 5.14 Å². The molecule has 9 heteroatoms. The maximum absolute atomic E-state index is 10.5. The molecule has 2 rings (SSSR count). The third-order valence-corrected chi connectivity index (χ3v) is 3.69. The van der Waals surface area contributed by atoms with Crippen LogP contribution in [0.1, 0.15) is 44.1 Å². The lowest BCUT2D eigenvalue weighted by Gasteiger charge is -2.05. The molecule has 1 fully saturated rings. The van der Waals surface area contributed by atoms with Gasteiger partial charge >= 0.3 is 10.3 Å². The van der Waals surface area contributed by atoms with Gasteiger partial charge in [-0.25, -0.2) is 5.14 Å². The Morgan fingerprint density at radius 3 is 1.32 bits per heavy atom. The smallest absolute Gasteiger partial charge is 0.282 e. The molecule has 0 spiro atoms. The van der Waals surface area contributed by atoms with Gasteiger partial charge in [-0.2, -0.15) is 16.8 Å². The van der Waals surface area contributed by atoms with Crippen molar-refractivity contribution in [3.05, 3.63) is 29.8 Å². The van der Waals surface area contributed by atoms with E-state index >= 15 is 0 Å². The van der Waals surface area contributed by atoms with E-state index in [1.807, 2.05) is 6.92 Å². The molecular weight excluding hydrogens is 330 g/mol. The van der Waals surface area contributed by atoms with Crippen LogP contribution in [0.2, 0.25) is 0 Å². The van der Waals surface area contributed by atoms with Gasteiger partial charge in [0.05, 0.1) is 4.90 Å². The Bertz CT molecular complexity index is 599.